The van der Waals surface area contributed by atoms with Crippen molar-refractivity contribution in [3.05, 3.63) is 76.1 Å². The molecule has 0 saturated carbocycles. The largest absolute Gasteiger partial charge is 0.314 e. The molecule has 0 bridgehead atoms. The van der Waals surface area contributed by atoms with E-state index in [0.717, 1.165) is 30.1 Å². The Morgan fingerprint density at radius 1 is 0.909 bits per heavy atom. The minimum absolute atomic E-state index is 0.833. The molecule has 1 aromatic heterocycles. The van der Waals surface area contributed by atoms with Gasteiger partial charge in [-0.15, -0.1) is 11.3 Å². The molecule has 0 saturated heterocycles. The molecule has 22 heavy (non-hydrogen) atoms. The Kier molecular flexibility index (Phi) is 4.99. The minimum atomic E-state index is 0.833. The van der Waals surface area contributed by atoms with Gasteiger partial charge in [-0.1, -0.05) is 54.6 Å². The monoisotopic (exact) mass is 308 g/mol. The van der Waals surface area contributed by atoms with Crippen LogP contribution in [-0.4, -0.2) is 12.0 Å². The Labute approximate surface area is 135 Å². The molecular weight excluding hydrogens is 288 g/mol. The summed E-state index contributed by atoms with van der Waals surface area (Å²) in [4.78, 5) is 4.65. The lowest BCUT2D eigenvalue weighted by molar-refractivity contribution is 0.811. The zero-order valence-corrected chi connectivity index (χ0v) is 13.6. The summed E-state index contributed by atoms with van der Waals surface area (Å²) >= 11 is 1.71. The lowest BCUT2D eigenvalue weighted by Gasteiger charge is -2.03. The van der Waals surface area contributed by atoms with E-state index in [1.54, 1.807) is 11.3 Å². The first-order valence-electron chi connectivity index (χ1n) is 7.57. The Bertz CT molecular complexity index is 702. The zero-order valence-electron chi connectivity index (χ0n) is 12.8. The second-order valence-electron chi connectivity index (χ2n) is 5.34. The van der Waals surface area contributed by atoms with Gasteiger partial charge >= 0.3 is 0 Å². The van der Waals surface area contributed by atoms with Gasteiger partial charge in [-0.2, -0.15) is 0 Å². The van der Waals surface area contributed by atoms with E-state index in [-0.39, 0.29) is 0 Å². The van der Waals surface area contributed by atoms with E-state index in [0.29, 0.717) is 0 Å². The quantitative estimate of drug-likeness (QED) is 0.734. The van der Waals surface area contributed by atoms with E-state index in [4.69, 9.17) is 0 Å². The van der Waals surface area contributed by atoms with Gasteiger partial charge in [0.25, 0.3) is 0 Å². The molecule has 112 valence electrons. The van der Waals surface area contributed by atoms with Crippen molar-refractivity contribution >= 4 is 11.3 Å². The molecule has 0 aliphatic carbocycles. The van der Waals surface area contributed by atoms with Gasteiger partial charge in [0.05, 0.1) is 5.69 Å². The summed E-state index contributed by atoms with van der Waals surface area (Å²) < 4.78 is 0. The van der Waals surface area contributed by atoms with E-state index >= 15 is 0 Å². The average molecular weight is 308 g/mol. The van der Waals surface area contributed by atoms with Crippen LogP contribution in [0, 0.1) is 0 Å². The maximum atomic E-state index is 4.65. The third-order valence-electron chi connectivity index (χ3n) is 3.67. The van der Waals surface area contributed by atoms with Gasteiger partial charge in [-0.05, 0) is 31.0 Å². The van der Waals surface area contributed by atoms with Gasteiger partial charge in [0.1, 0.15) is 5.01 Å². The summed E-state index contributed by atoms with van der Waals surface area (Å²) in [6.45, 7) is 0.833. The van der Waals surface area contributed by atoms with Crippen molar-refractivity contribution < 1.29 is 0 Å². The molecule has 0 atom stereocenters. The molecule has 0 fully saturated rings. The van der Waals surface area contributed by atoms with Crippen molar-refractivity contribution in [1.82, 2.24) is 10.3 Å². The van der Waals surface area contributed by atoms with Crippen LogP contribution >= 0.6 is 11.3 Å². The van der Waals surface area contributed by atoms with Crippen LogP contribution in [0.15, 0.2) is 60.0 Å². The molecule has 0 unspecified atom stereocenters. The van der Waals surface area contributed by atoms with Crippen LogP contribution in [0.5, 0.6) is 0 Å². The highest BCUT2D eigenvalue weighted by Crippen LogP contribution is 2.22. The van der Waals surface area contributed by atoms with Crippen LogP contribution in [0.25, 0.3) is 11.3 Å². The third-order valence-corrected chi connectivity index (χ3v) is 4.52. The third kappa shape index (κ3) is 3.81. The van der Waals surface area contributed by atoms with Crippen molar-refractivity contribution in [3.63, 3.8) is 0 Å². The van der Waals surface area contributed by atoms with Gasteiger partial charge in [-0.25, -0.2) is 4.98 Å². The molecule has 3 rings (SSSR count). The van der Waals surface area contributed by atoms with Crippen LogP contribution in [0.3, 0.4) is 0 Å². The number of nitrogens with one attached hydrogen (secondary N) is 1. The maximum absolute atomic E-state index is 4.65. The fourth-order valence-electron chi connectivity index (χ4n) is 2.45. The van der Waals surface area contributed by atoms with Crippen LogP contribution in [0.1, 0.15) is 16.1 Å². The Morgan fingerprint density at radius 2 is 1.59 bits per heavy atom. The highest BCUT2D eigenvalue weighted by Gasteiger charge is 2.04. The van der Waals surface area contributed by atoms with E-state index in [1.807, 2.05) is 7.05 Å². The summed E-state index contributed by atoms with van der Waals surface area (Å²) in [5, 5.41) is 6.40. The molecule has 3 aromatic rings. The molecule has 0 spiro atoms. The molecule has 0 aliphatic rings. The smallest absolute Gasteiger partial charge is 0.107 e. The van der Waals surface area contributed by atoms with E-state index < -0.39 is 0 Å². The van der Waals surface area contributed by atoms with Gasteiger partial charge < -0.3 is 5.32 Å². The van der Waals surface area contributed by atoms with Crippen molar-refractivity contribution in [2.24, 2.45) is 0 Å². The first kappa shape index (κ1) is 14.9. The number of benzene rings is 2. The lowest BCUT2D eigenvalue weighted by atomic mass is 10.0. The number of rotatable bonds is 6. The molecule has 0 radical (unpaired) electrons. The van der Waals surface area contributed by atoms with Crippen LogP contribution in [-0.2, 0) is 19.4 Å². The average Bonchev–Trinajstić information content (AvgIpc) is 3.03. The zero-order chi connectivity index (χ0) is 15.2. The standard InChI is InChI=1S/C19H20N2S/c1-20-13-19-21-18(14-22-19)17-11-9-16(10-12-17)8-7-15-5-3-2-4-6-15/h2-6,9-12,14,20H,7-8,13H2,1H3. The van der Waals surface area contributed by atoms with Crippen molar-refractivity contribution in [1.29, 1.82) is 0 Å². The second-order valence-corrected chi connectivity index (χ2v) is 6.28. The fourth-order valence-corrected chi connectivity index (χ4v) is 3.27. The summed E-state index contributed by atoms with van der Waals surface area (Å²) in [6.07, 6.45) is 2.16. The van der Waals surface area contributed by atoms with Crippen LogP contribution in [0.4, 0.5) is 0 Å². The number of hydrogen-bond donors (Lipinski definition) is 1. The Balaban J connectivity index is 1.64. The highest BCUT2D eigenvalue weighted by atomic mass is 32.1. The van der Waals surface area contributed by atoms with Crippen molar-refractivity contribution in [3.8, 4) is 11.3 Å². The lowest BCUT2D eigenvalue weighted by Crippen LogP contribution is -2.04. The topological polar surface area (TPSA) is 24.9 Å². The van der Waals surface area contributed by atoms with Crippen molar-refractivity contribution in [2.75, 3.05) is 7.05 Å². The molecule has 2 aromatic carbocycles. The molecule has 1 N–H and O–H groups in total. The Hall–Kier alpha value is -1.97. The summed E-state index contributed by atoms with van der Waals surface area (Å²) in [5.41, 5.74) is 5.04. The number of thiazole rings is 1. The van der Waals surface area contributed by atoms with Gasteiger partial charge in [0.15, 0.2) is 0 Å². The van der Waals surface area contributed by atoms with E-state index in [9.17, 15) is 0 Å². The number of aryl methyl sites for hydroxylation is 2. The fraction of sp³-hybridized carbons (Fsp3) is 0.211. The molecule has 2 nitrogen and oxygen atoms in total. The van der Waals surface area contributed by atoms with E-state index in [2.05, 4.69) is 70.3 Å². The van der Waals surface area contributed by atoms with Gasteiger partial charge in [0.2, 0.25) is 0 Å². The Morgan fingerprint density at radius 3 is 2.27 bits per heavy atom. The van der Waals surface area contributed by atoms with Gasteiger partial charge in [0, 0.05) is 17.5 Å². The predicted octanol–water partition coefficient (Wildman–Crippen LogP) is 4.31. The van der Waals surface area contributed by atoms with Crippen LogP contribution in [0.2, 0.25) is 0 Å². The van der Waals surface area contributed by atoms with Gasteiger partial charge in [-0.3, -0.25) is 0 Å². The molecular formula is C19H20N2S. The first-order chi connectivity index (χ1) is 10.8. The van der Waals surface area contributed by atoms with Crippen molar-refractivity contribution in [2.45, 2.75) is 19.4 Å². The molecule has 3 heteroatoms. The summed E-state index contributed by atoms with van der Waals surface area (Å²) in [7, 11) is 1.95. The SMILES string of the molecule is CNCc1nc(-c2ccc(CCc3ccccc3)cc2)cs1. The number of hydrogen-bond acceptors (Lipinski definition) is 3. The summed E-state index contributed by atoms with van der Waals surface area (Å²) in [5.74, 6) is 0. The first-order valence-corrected chi connectivity index (χ1v) is 8.45. The maximum Gasteiger partial charge on any atom is 0.107 e. The molecule has 0 aliphatic heterocycles. The highest BCUT2D eigenvalue weighted by molar-refractivity contribution is 7.09. The number of aromatic nitrogens is 1. The number of nitrogens with zero attached hydrogens (tertiary/aromatic N) is 1. The molecule has 1 heterocycles. The predicted molar refractivity (Wildman–Crippen MR) is 94.2 cm³/mol. The van der Waals surface area contributed by atoms with E-state index in [1.165, 1.54) is 16.7 Å². The molecule has 0 amide bonds. The van der Waals surface area contributed by atoms with Crippen LogP contribution < -0.4 is 5.32 Å². The summed E-state index contributed by atoms with van der Waals surface area (Å²) in [6, 6.07) is 19.4. The minimum Gasteiger partial charge on any atom is -0.314 e. The normalized spacial score (nSPS) is 10.8. The second kappa shape index (κ2) is 7.34.